The molecule has 0 bridgehead atoms. The van der Waals surface area contributed by atoms with Crippen LogP contribution in [0.5, 0.6) is 0 Å². The van der Waals surface area contributed by atoms with Gasteiger partial charge in [0.1, 0.15) is 0 Å². The standard InChI is InChI=1S/C18H16N2O/c1-13-16(18(21)15-10-6-3-7-11-15)12-17(20-19-13)14-8-4-2-5-9-14/h2-11,19H,12H2,1H3. The molecule has 0 aromatic heterocycles. The van der Waals surface area contributed by atoms with Gasteiger partial charge in [0.2, 0.25) is 0 Å². The Morgan fingerprint density at radius 3 is 2.29 bits per heavy atom. The van der Waals surface area contributed by atoms with Crippen LogP contribution in [0.3, 0.4) is 0 Å². The molecule has 0 radical (unpaired) electrons. The van der Waals surface area contributed by atoms with Crippen LogP contribution in [0.25, 0.3) is 0 Å². The van der Waals surface area contributed by atoms with Crippen LogP contribution in [0.4, 0.5) is 0 Å². The van der Waals surface area contributed by atoms with Crippen molar-refractivity contribution in [3.05, 3.63) is 83.1 Å². The maximum atomic E-state index is 12.6. The van der Waals surface area contributed by atoms with Crippen molar-refractivity contribution in [1.82, 2.24) is 5.43 Å². The van der Waals surface area contributed by atoms with Crippen LogP contribution in [0.15, 0.2) is 77.0 Å². The van der Waals surface area contributed by atoms with Gasteiger partial charge in [0.15, 0.2) is 5.78 Å². The second-order valence-corrected chi connectivity index (χ2v) is 5.01. The number of carbonyl (C=O) groups excluding carboxylic acids is 1. The highest BCUT2D eigenvalue weighted by atomic mass is 16.1. The van der Waals surface area contributed by atoms with Gasteiger partial charge in [-0.1, -0.05) is 60.7 Å². The Morgan fingerprint density at radius 1 is 1.00 bits per heavy atom. The normalized spacial score (nSPS) is 14.4. The highest BCUT2D eigenvalue weighted by Gasteiger charge is 2.21. The van der Waals surface area contributed by atoms with Crippen molar-refractivity contribution >= 4 is 11.5 Å². The van der Waals surface area contributed by atoms with Gasteiger partial charge in [0.25, 0.3) is 0 Å². The summed E-state index contributed by atoms with van der Waals surface area (Å²) in [6, 6.07) is 19.3. The molecule has 0 fully saturated rings. The summed E-state index contributed by atoms with van der Waals surface area (Å²) in [7, 11) is 0. The Hall–Kier alpha value is -2.68. The van der Waals surface area contributed by atoms with Crippen LogP contribution >= 0.6 is 0 Å². The first-order chi connectivity index (χ1) is 10.3. The van der Waals surface area contributed by atoms with Crippen molar-refractivity contribution in [2.75, 3.05) is 0 Å². The minimum Gasteiger partial charge on any atom is -0.289 e. The molecule has 0 amide bonds. The number of rotatable bonds is 3. The lowest BCUT2D eigenvalue weighted by Crippen LogP contribution is -2.23. The summed E-state index contributed by atoms with van der Waals surface area (Å²) in [5.41, 5.74) is 7.21. The van der Waals surface area contributed by atoms with Gasteiger partial charge < -0.3 is 0 Å². The molecule has 0 saturated carbocycles. The molecule has 3 rings (SSSR count). The van der Waals surface area contributed by atoms with Gasteiger partial charge in [-0.25, -0.2) is 0 Å². The van der Waals surface area contributed by atoms with Crippen LogP contribution in [0, 0.1) is 0 Å². The number of nitrogens with one attached hydrogen (secondary N) is 1. The summed E-state index contributed by atoms with van der Waals surface area (Å²) in [6.45, 7) is 1.89. The number of carbonyl (C=O) groups is 1. The van der Waals surface area contributed by atoms with Crippen LogP contribution < -0.4 is 5.43 Å². The third-order valence-corrected chi connectivity index (χ3v) is 3.57. The number of nitrogens with zero attached hydrogens (tertiary/aromatic N) is 1. The Morgan fingerprint density at radius 2 is 1.62 bits per heavy atom. The molecule has 0 spiro atoms. The van der Waals surface area contributed by atoms with E-state index in [1.165, 1.54) is 0 Å². The molecule has 2 aromatic rings. The molecule has 3 heteroatoms. The zero-order chi connectivity index (χ0) is 14.7. The van der Waals surface area contributed by atoms with Crippen molar-refractivity contribution in [2.24, 2.45) is 5.10 Å². The molecule has 1 heterocycles. The minimum absolute atomic E-state index is 0.0592. The number of hydrogen-bond acceptors (Lipinski definition) is 3. The van der Waals surface area contributed by atoms with Gasteiger partial charge in [0, 0.05) is 23.3 Å². The maximum Gasteiger partial charge on any atom is 0.191 e. The molecule has 0 aliphatic carbocycles. The number of ketones is 1. The topological polar surface area (TPSA) is 41.5 Å². The quantitative estimate of drug-likeness (QED) is 0.871. The Bertz CT molecular complexity index is 715. The summed E-state index contributed by atoms with van der Waals surface area (Å²) in [5.74, 6) is 0.0592. The Balaban J connectivity index is 1.88. The van der Waals surface area contributed by atoms with Gasteiger partial charge >= 0.3 is 0 Å². The Kier molecular flexibility index (Phi) is 3.65. The van der Waals surface area contributed by atoms with Gasteiger partial charge in [-0.15, -0.1) is 0 Å². The second kappa shape index (κ2) is 5.75. The van der Waals surface area contributed by atoms with Crippen LogP contribution in [-0.4, -0.2) is 11.5 Å². The first-order valence-corrected chi connectivity index (χ1v) is 6.93. The predicted molar refractivity (Wildman–Crippen MR) is 84.2 cm³/mol. The average molecular weight is 276 g/mol. The van der Waals surface area contributed by atoms with Crippen LogP contribution in [0.2, 0.25) is 0 Å². The van der Waals surface area contributed by atoms with Crippen LogP contribution in [-0.2, 0) is 0 Å². The fourth-order valence-corrected chi connectivity index (χ4v) is 2.37. The van der Waals surface area contributed by atoms with Gasteiger partial charge in [-0.05, 0) is 12.5 Å². The molecule has 1 aliphatic rings. The Labute approximate surface area is 124 Å². The average Bonchev–Trinajstić information content (AvgIpc) is 2.56. The van der Waals surface area contributed by atoms with Crippen LogP contribution in [0.1, 0.15) is 29.3 Å². The van der Waals surface area contributed by atoms with Crippen molar-refractivity contribution in [3.8, 4) is 0 Å². The van der Waals surface area contributed by atoms with E-state index in [-0.39, 0.29) is 5.78 Å². The number of hydrogen-bond donors (Lipinski definition) is 1. The van der Waals surface area contributed by atoms with E-state index in [4.69, 9.17) is 0 Å². The summed E-state index contributed by atoms with van der Waals surface area (Å²) in [6.07, 6.45) is 0.552. The van der Waals surface area contributed by atoms with E-state index >= 15 is 0 Å². The highest BCUT2D eigenvalue weighted by Crippen LogP contribution is 2.21. The lowest BCUT2D eigenvalue weighted by atomic mass is 9.93. The lowest BCUT2D eigenvalue weighted by Gasteiger charge is -2.18. The van der Waals surface area contributed by atoms with Gasteiger partial charge in [-0.2, -0.15) is 5.10 Å². The zero-order valence-electron chi connectivity index (χ0n) is 11.8. The van der Waals surface area contributed by atoms with Crippen molar-refractivity contribution in [3.63, 3.8) is 0 Å². The SMILES string of the molecule is CC1=C(C(=O)c2ccccc2)CC(c2ccccc2)=NN1. The molecule has 21 heavy (non-hydrogen) atoms. The van der Waals surface area contributed by atoms with E-state index in [1.807, 2.05) is 67.6 Å². The van der Waals surface area contributed by atoms with Crippen molar-refractivity contribution < 1.29 is 4.79 Å². The lowest BCUT2D eigenvalue weighted by molar-refractivity contribution is 0.103. The molecule has 3 nitrogen and oxygen atoms in total. The highest BCUT2D eigenvalue weighted by molar-refractivity contribution is 6.15. The molecule has 0 saturated heterocycles. The third kappa shape index (κ3) is 2.77. The summed E-state index contributed by atoms with van der Waals surface area (Å²) >= 11 is 0. The number of allylic oxidation sites excluding steroid dienone is 2. The van der Waals surface area contributed by atoms with E-state index in [0.717, 1.165) is 22.5 Å². The molecular weight excluding hydrogens is 260 g/mol. The van der Waals surface area contributed by atoms with E-state index in [9.17, 15) is 4.79 Å². The van der Waals surface area contributed by atoms with E-state index < -0.39 is 0 Å². The van der Waals surface area contributed by atoms with E-state index in [0.29, 0.717) is 12.0 Å². The fraction of sp³-hybridized carbons (Fsp3) is 0.111. The predicted octanol–water partition coefficient (Wildman–Crippen LogP) is 3.54. The summed E-state index contributed by atoms with van der Waals surface area (Å²) in [4.78, 5) is 12.6. The van der Waals surface area contributed by atoms with Crippen molar-refractivity contribution in [1.29, 1.82) is 0 Å². The molecule has 104 valence electrons. The first kappa shape index (κ1) is 13.3. The second-order valence-electron chi connectivity index (χ2n) is 5.01. The first-order valence-electron chi connectivity index (χ1n) is 6.93. The summed E-state index contributed by atoms with van der Waals surface area (Å²) in [5, 5.41) is 4.36. The monoisotopic (exact) mass is 276 g/mol. The zero-order valence-corrected chi connectivity index (χ0v) is 11.8. The number of Topliss-reactive ketones (excluding diaryl/α,β-unsaturated/α-hetero) is 1. The van der Waals surface area contributed by atoms with Crippen molar-refractivity contribution in [2.45, 2.75) is 13.3 Å². The van der Waals surface area contributed by atoms with Gasteiger partial charge in [-0.3, -0.25) is 10.2 Å². The number of hydrazone groups is 1. The molecular formula is C18H16N2O. The number of benzene rings is 2. The largest absolute Gasteiger partial charge is 0.289 e. The van der Waals surface area contributed by atoms with E-state index in [2.05, 4.69) is 10.5 Å². The molecule has 1 N–H and O–H groups in total. The van der Waals surface area contributed by atoms with Gasteiger partial charge in [0.05, 0.1) is 5.71 Å². The molecule has 1 aliphatic heterocycles. The smallest absolute Gasteiger partial charge is 0.191 e. The molecule has 2 aromatic carbocycles. The third-order valence-electron chi connectivity index (χ3n) is 3.57. The summed E-state index contributed by atoms with van der Waals surface area (Å²) < 4.78 is 0. The maximum absolute atomic E-state index is 12.6. The minimum atomic E-state index is 0.0592. The van der Waals surface area contributed by atoms with E-state index in [1.54, 1.807) is 0 Å². The molecule has 0 unspecified atom stereocenters. The molecule has 0 atom stereocenters. The fourth-order valence-electron chi connectivity index (χ4n) is 2.37.